The standard InChI is InChI=1S/C25H42O11/c1-32-18-13-19(34-24(31)16(18)14-27)17(11-9-7-5-3-4-6-8-10-12-26)35-25-22(30)21(29)23(33-2)20(15-28)36-25/h13,17,20-23,25-30H,3-12,14-15H2,1-2H3/t17-,20+,21+,22+,23+,25+/m0/s1. The molecule has 1 aliphatic rings. The Balaban J connectivity index is 2.12. The highest BCUT2D eigenvalue weighted by Gasteiger charge is 2.46. The number of rotatable bonds is 17. The van der Waals surface area contributed by atoms with E-state index < -0.39 is 55.6 Å². The van der Waals surface area contributed by atoms with Crippen LogP contribution in [0.5, 0.6) is 5.75 Å². The summed E-state index contributed by atoms with van der Waals surface area (Å²) in [5, 5.41) is 49.0. The molecule has 2 heterocycles. The first-order chi connectivity index (χ1) is 17.4. The van der Waals surface area contributed by atoms with Gasteiger partial charge in [-0.15, -0.1) is 0 Å². The van der Waals surface area contributed by atoms with Gasteiger partial charge in [0.25, 0.3) is 0 Å². The summed E-state index contributed by atoms with van der Waals surface area (Å²) in [6.07, 6.45) is 1.32. The number of hydrogen-bond acceptors (Lipinski definition) is 11. The summed E-state index contributed by atoms with van der Waals surface area (Å²) in [5.74, 6) is 0.288. The smallest absolute Gasteiger partial charge is 0.345 e. The summed E-state index contributed by atoms with van der Waals surface area (Å²) in [5.41, 5.74) is -0.782. The van der Waals surface area contributed by atoms with Crippen molar-refractivity contribution < 1.29 is 48.9 Å². The van der Waals surface area contributed by atoms with Gasteiger partial charge in [-0.2, -0.15) is 0 Å². The predicted molar refractivity (Wildman–Crippen MR) is 128 cm³/mol. The SMILES string of the molecule is COc1cc([C@H](CCCCCCCCCCO)O[C@@H]2O[C@H](CO)[C@@H](OC)[C@H](O)[C@H]2O)oc(=O)c1CO. The molecule has 1 aromatic rings. The average Bonchev–Trinajstić information content (AvgIpc) is 2.88. The van der Waals surface area contributed by atoms with E-state index in [4.69, 9.17) is 28.5 Å². The average molecular weight is 519 g/mol. The van der Waals surface area contributed by atoms with Gasteiger partial charge in [-0.1, -0.05) is 44.9 Å². The van der Waals surface area contributed by atoms with Gasteiger partial charge >= 0.3 is 5.63 Å². The molecule has 0 unspecified atom stereocenters. The van der Waals surface area contributed by atoms with Crippen LogP contribution in [0.25, 0.3) is 0 Å². The van der Waals surface area contributed by atoms with Crippen molar-refractivity contribution >= 4 is 0 Å². The molecule has 1 saturated heterocycles. The molecule has 5 N–H and O–H groups in total. The first-order valence-electron chi connectivity index (χ1n) is 12.6. The minimum atomic E-state index is -1.47. The second-order valence-corrected chi connectivity index (χ2v) is 9.01. The van der Waals surface area contributed by atoms with E-state index in [0.29, 0.717) is 6.42 Å². The number of unbranched alkanes of at least 4 members (excludes halogenated alkanes) is 7. The van der Waals surface area contributed by atoms with Crippen LogP contribution in [-0.4, -0.2) is 83.7 Å². The van der Waals surface area contributed by atoms with Crippen molar-refractivity contribution in [3.63, 3.8) is 0 Å². The van der Waals surface area contributed by atoms with Crippen LogP contribution in [0.3, 0.4) is 0 Å². The number of methoxy groups -OCH3 is 2. The van der Waals surface area contributed by atoms with Gasteiger partial charge in [0.1, 0.15) is 47.6 Å². The Morgan fingerprint density at radius 1 is 0.944 bits per heavy atom. The summed E-state index contributed by atoms with van der Waals surface area (Å²) in [6, 6.07) is 1.46. The molecule has 1 aromatic heterocycles. The molecule has 0 spiro atoms. The monoisotopic (exact) mass is 518 g/mol. The molecule has 11 nitrogen and oxygen atoms in total. The molecule has 0 saturated carbocycles. The summed E-state index contributed by atoms with van der Waals surface area (Å²) in [4.78, 5) is 12.4. The lowest BCUT2D eigenvalue weighted by atomic mass is 9.98. The third-order valence-electron chi connectivity index (χ3n) is 6.49. The van der Waals surface area contributed by atoms with Gasteiger partial charge in [-0.05, 0) is 12.8 Å². The molecule has 6 atom stereocenters. The quantitative estimate of drug-likeness (QED) is 0.188. The third kappa shape index (κ3) is 8.49. The fraction of sp³-hybridized carbons (Fsp3) is 0.800. The molecule has 0 aromatic carbocycles. The zero-order chi connectivity index (χ0) is 26.5. The Kier molecular flexibility index (Phi) is 13.9. The lowest BCUT2D eigenvalue weighted by Gasteiger charge is -2.42. The molecular formula is C25H42O11. The van der Waals surface area contributed by atoms with Crippen molar-refractivity contribution in [3.8, 4) is 5.75 Å². The summed E-state index contributed by atoms with van der Waals surface area (Å²) >= 11 is 0. The molecule has 0 amide bonds. The van der Waals surface area contributed by atoms with Gasteiger partial charge in [0, 0.05) is 19.8 Å². The van der Waals surface area contributed by atoms with Gasteiger partial charge in [-0.3, -0.25) is 0 Å². The van der Waals surface area contributed by atoms with Gasteiger partial charge in [-0.25, -0.2) is 4.79 Å². The van der Waals surface area contributed by atoms with Crippen molar-refractivity contribution in [3.05, 3.63) is 27.8 Å². The van der Waals surface area contributed by atoms with E-state index in [1.165, 1.54) is 20.3 Å². The molecule has 0 aliphatic carbocycles. The van der Waals surface area contributed by atoms with Crippen molar-refractivity contribution in [1.29, 1.82) is 0 Å². The van der Waals surface area contributed by atoms with Crippen LogP contribution in [0, 0.1) is 0 Å². The van der Waals surface area contributed by atoms with E-state index in [1.54, 1.807) is 0 Å². The van der Waals surface area contributed by atoms with Crippen molar-refractivity contribution in [2.24, 2.45) is 0 Å². The molecule has 208 valence electrons. The van der Waals surface area contributed by atoms with Crippen molar-refractivity contribution in [2.45, 2.75) is 101 Å². The Hall–Kier alpha value is -1.57. The van der Waals surface area contributed by atoms with Gasteiger partial charge in [0.2, 0.25) is 0 Å². The largest absolute Gasteiger partial charge is 0.496 e. The fourth-order valence-corrected chi connectivity index (χ4v) is 4.40. The molecule has 0 radical (unpaired) electrons. The highest BCUT2D eigenvalue weighted by atomic mass is 16.7. The predicted octanol–water partition coefficient (Wildman–Crippen LogP) is 1.16. The normalized spacial score (nSPS) is 25.1. The lowest BCUT2D eigenvalue weighted by Crippen LogP contribution is -2.59. The van der Waals surface area contributed by atoms with Crippen LogP contribution in [0.15, 0.2) is 15.3 Å². The number of hydrogen-bond donors (Lipinski definition) is 5. The molecule has 1 fully saturated rings. The summed E-state index contributed by atoms with van der Waals surface area (Å²) in [7, 11) is 2.71. The zero-order valence-corrected chi connectivity index (χ0v) is 21.2. The molecule has 2 rings (SSSR count). The highest BCUT2D eigenvalue weighted by molar-refractivity contribution is 5.31. The van der Waals surface area contributed by atoms with E-state index in [0.717, 1.165) is 51.4 Å². The van der Waals surface area contributed by atoms with E-state index in [1.807, 2.05) is 0 Å². The molecule has 36 heavy (non-hydrogen) atoms. The molecule has 1 aliphatic heterocycles. The summed E-state index contributed by atoms with van der Waals surface area (Å²) < 4.78 is 27.5. The Morgan fingerprint density at radius 3 is 2.14 bits per heavy atom. The van der Waals surface area contributed by atoms with E-state index in [2.05, 4.69) is 0 Å². The Bertz CT molecular complexity index is 797. The molecule has 0 bridgehead atoms. The van der Waals surface area contributed by atoms with E-state index in [-0.39, 0.29) is 23.7 Å². The van der Waals surface area contributed by atoms with Crippen LogP contribution in [0.1, 0.15) is 75.2 Å². The molecule has 11 heteroatoms. The van der Waals surface area contributed by atoms with Crippen LogP contribution in [-0.2, 0) is 20.8 Å². The fourth-order valence-electron chi connectivity index (χ4n) is 4.40. The maximum Gasteiger partial charge on any atom is 0.345 e. The topological polar surface area (TPSA) is 168 Å². The maximum atomic E-state index is 12.4. The Labute approximate surface area is 211 Å². The highest BCUT2D eigenvalue weighted by Crippen LogP contribution is 2.33. The van der Waals surface area contributed by atoms with Gasteiger partial charge in [0.05, 0.1) is 20.3 Å². The lowest BCUT2D eigenvalue weighted by molar-refractivity contribution is -0.317. The van der Waals surface area contributed by atoms with Crippen LogP contribution in [0.4, 0.5) is 0 Å². The van der Waals surface area contributed by atoms with Crippen LogP contribution >= 0.6 is 0 Å². The maximum absolute atomic E-state index is 12.4. The minimum absolute atomic E-state index is 0.0196. The van der Waals surface area contributed by atoms with E-state index >= 15 is 0 Å². The van der Waals surface area contributed by atoms with Gasteiger partial charge < -0.3 is 48.9 Å². The van der Waals surface area contributed by atoms with Gasteiger partial charge in [0.15, 0.2) is 6.29 Å². The minimum Gasteiger partial charge on any atom is -0.496 e. The third-order valence-corrected chi connectivity index (χ3v) is 6.49. The molecular weight excluding hydrogens is 476 g/mol. The van der Waals surface area contributed by atoms with Crippen LogP contribution in [0.2, 0.25) is 0 Å². The number of aliphatic hydroxyl groups excluding tert-OH is 5. The van der Waals surface area contributed by atoms with Crippen molar-refractivity contribution in [2.75, 3.05) is 27.4 Å². The van der Waals surface area contributed by atoms with Crippen molar-refractivity contribution in [1.82, 2.24) is 0 Å². The second-order valence-electron chi connectivity index (χ2n) is 9.01. The number of aliphatic hydroxyl groups is 5. The first-order valence-corrected chi connectivity index (χ1v) is 12.6. The van der Waals surface area contributed by atoms with Crippen LogP contribution < -0.4 is 10.4 Å². The van der Waals surface area contributed by atoms with E-state index in [9.17, 15) is 25.2 Å². The number of ether oxygens (including phenoxy) is 4. The zero-order valence-electron chi connectivity index (χ0n) is 21.2. The summed E-state index contributed by atoms with van der Waals surface area (Å²) in [6.45, 7) is -0.786. The second kappa shape index (κ2) is 16.3. The first kappa shape index (κ1) is 30.7. The Morgan fingerprint density at radius 2 is 1.58 bits per heavy atom.